The van der Waals surface area contributed by atoms with Crippen LogP contribution in [-0.4, -0.2) is 39.4 Å². The number of nitrogens with zero attached hydrogens (tertiary/aromatic N) is 1. The van der Waals surface area contributed by atoms with Gasteiger partial charge in [0.1, 0.15) is 0 Å². The van der Waals surface area contributed by atoms with Crippen molar-refractivity contribution in [1.82, 2.24) is 5.32 Å². The summed E-state index contributed by atoms with van der Waals surface area (Å²) >= 11 is 0. The van der Waals surface area contributed by atoms with E-state index in [1.165, 1.54) is 24.1 Å². The summed E-state index contributed by atoms with van der Waals surface area (Å²) in [5.74, 6) is 0.742. The van der Waals surface area contributed by atoms with Gasteiger partial charge in [0.15, 0.2) is 0 Å². The van der Waals surface area contributed by atoms with Crippen molar-refractivity contribution < 1.29 is 4.74 Å². The van der Waals surface area contributed by atoms with Gasteiger partial charge in [-0.1, -0.05) is 32.0 Å². The van der Waals surface area contributed by atoms with Gasteiger partial charge in [-0.3, -0.25) is 0 Å². The lowest BCUT2D eigenvalue weighted by atomic mass is 10.0. The number of ether oxygens (including phenoxy) is 1. The van der Waals surface area contributed by atoms with Crippen LogP contribution in [0, 0.1) is 5.92 Å². The van der Waals surface area contributed by atoms with Crippen LogP contribution in [0.4, 0.5) is 5.69 Å². The highest BCUT2D eigenvalue weighted by Gasteiger charge is 2.20. The summed E-state index contributed by atoms with van der Waals surface area (Å²) in [6, 6.07) is 9.40. The maximum atomic E-state index is 5.26. The van der Waals surface area contributed by atoms with Crippen molar-refractivity contribution in [1.29, 1.82) is 0 Å². The Kier molecular flexibility index (Phi) is 6.52. The Hall–Kier alpha value is -1.06. The van der Waals surface area contributed by atoms with Gasteiger partial charge in [0.25, 0.3) is 0 Å². The molecule has 0 radical (unpaired) electrons. The molecule has 0 bridgehead atoms. The molecular weight excluding hydrogens is 260 g/mol. The highest BCUT2D eigenvalue weighted by atomic mass is 16.5. The summed E-state index contributed by atoms with van der Waals surface area (Å²) in [4.78, 5) is 2.57. The molecule has 3 heteroatoms. The third-order valence-electron chi connectivity index (χ3n) is 4.14. The summed E-state index contributed by atoms with van der Waals surface area (Å²) in [6.45, 7) is 8.80. The van der Waals surface area contributed by atoms with E-state index in [0.717, 1.165) is 38.6 Å². The first-order valence-electron chi connectivity index (χ1n) is 8.26. The molecule has 1 aromatic carbocycles. The van der Waals surface area contributed by atoms with Crippen LogP contribution in [0.25, 0.3) is 0 Å². The van der Waals surface area contributed by atoms with E-state index in [2.05, 4.69) is 48.3 Å². The molecule has 3 nitrogen and oxygen atoms in total. The quantitative estimate of drug-likeness (QED) is 0.871. The monoisotopic (exact) mass is 290 g/mol. The molecule has 1 unspecified atom stereocenters. The number of para-hydroxylation sites is 1. The van der Waals surface area contributed by atoms with Crippen LogP contribution in [-0.2, 0) is 11.2 Å². The standard InChI is InChI=1S/C18H30N2O/c1-15(2)13-17-14-20(11-6-10-19-17)18-8-5-4-7-16(18)9-12-21-3/h4-5,7-8,15,17,19H,6,9-14H2,1-3H3. The first kappa shape index (κ1) is 16.3. The van der Waals surface area contributed by atoms with E-state index in [1.807, 2.05) is 0 Å². The van der Waals surface area contributed by atoms with E-state index in [-0.39, 0.29) is 0 Å². The Labute approximate surface area is 129 Å². The molecule has 0 aromatic heterocycles. The third-order valence-corrected chi connectivity index (χ3v) is 4.14. The van der Waals surface area contributed by atoms with E-state index in [1.54, 1.807) is 7.11 Å². The Morgan fingerprint density at radius 2 is 2.14 bits per heavy atom. The van der Waals surface area contributed by atoms with Crippen molar-refractivity contribution in [2.24, 2.45) is 5.92 Å². The average Bonchev–Trinajstić information content (AvgIpc) is 2.70. The van der Waals surface area contributed by atoms with Crippen LogP contribution in [0.2, 0.25) is 0 Å². The minimum Gasteiger partial charge on any atom is -0.384 e. The van der Waals surface area contributed by atoms with Crippen LogP contribution in [0.15, 0.2) is 24.3 Å². The SMILES string of the molecule is COCCc1ccccc1N1CCCNC(CC(C)C)C1. The predicted octanol–water partition coefficient (Wildman–Crippen LogP) is 3.09. The summed E-state index contributed by atoms with van der Waals surface area (Å²) < 4.78 is 5.26. The maximum Gasteiger partial charge on any atom is 0.0503 e. The van der Waals surface area contributed by atoms with Crippen molar-refractivity contribution >= 4 is 5.69 Å². The first-order chi connectivity index (χ1) is 10.2. The second kappa shape index (κ2) is 8.40. The Bertz CT molecular complexity index is 419. The summed E-state index contributed by atoms with van der Waals surface area (Å²) in [7, 11) is 1.77. The Balaban J connectivity index is 2.11. The summed E-state index contributed by atoms with van der Waals surface area (Å²) in [5, 5.41) is 3.71. The molecule has 118 valence electrons. The molecular formula is C18H30N2O. The largest absolute Gasteiger partial charge is 0.384 e. The molecule has 2 rings (SSSR count). The van der Waals surface area contributed by atoms with Gasteiger partial charge in [0.05, 0.1) is 6.61 Å². The van der Waals surface area contributed by atoms with E-state index >= 15 is 0 Å². The molecule has 1 N–H and O–H groups in total. The molecule has 0 saturated carbocycles. The van der Waals surface area contributed by atoms with Gasteiger partial charge in [-0.15, -0.1) is 0 Å². The van der Waals surface area contributed by atoms with Crippen molar-refractivity contribution in [2.75, 3.05) is 38.3 Å². The van der Waals surface area contributed by atoms with Gasteiger partial charge >= 0.3 is 0 Å². The number of nitrogens with one attached hydrogen (secondary N) is 1. The first-order valence-corrected chi connectivity index (χ1v) is 8.26. The fraction of sp³-hybridized carbons (Fsp3) is 0.667. The van der Waals surface area contributed by atoms with E-state index in [0.29, 0.717) is 6.04 Å². The van der Waals surface area contributed by atoms with Crippen molar-refractivity contribution in [3.63, 3.8) is 0 Å². The lowest BCUT2D eigenvalue weighted by molar-refractivity contribution is 0.202. The summed E-state index contributed by atoms with van der Waals surface area (Å²) in [6.07, 6.45) is 3.45. The molecule has 1 aliphatic rings. The normalized spacial score (nSPS) is 19.8. The molecule has 1 fully saturated rings. The van der Waals surface area contributed by atoms with E-state index in [4.69, 9.17) is 4.74 Å². The summed E-state index contributed by atoms with van der Waals surface area (Å²) in [5.41, 5.74) is 2.80. The Morgan fingerprint density at radius 1 is 1.33 bits per heavy atom. The predicted molar refractivity (Wildman–Crippen MR) is 90.1 cm³/mol. The van der Waals surface area contributed by atoms with Crippen molar-refractivity contribution in [3.05, 3.63) is 29.8 Å². The molecule has 0 amide bonds. The minimum absolute atomic E-state index is 0.600. The molecule has 0 aliphatic carbocycles. The van der Waals surface area contributed by atoms with Crippen LogP contribution < -0.4 is 10.2 Å². The smallest absolute Gasteiger partial charge is 0.0503 e. The molecule has 1 saturated heterocycles. The highest BCUT2D eigenvalue weighted by molar-refractivity contribution is 5.54. The fourth-order valence-electron chi connectivity index (χ4n) is 3.19. The molecule has 0 spiro atoms. The van der Waals surface area contributed by atoms with Gasteiger partial charge in [0.2, 0.25) is 0 Å². The fourth-order valence-corrected chi connectivity index (χ4v) is 3.19. The van der Waals surface area contributed by atoms with Crippen LogP contribution in [0.1, 0.15) is 32.3 Å². The van der Waals surface area contributed by atoms with Gasteiger partial charge in [-0.2, -0.15) is 0 Å². The zero-order valence-corrected chi connectivity index (χ0v) is 13.8. The average molecular weight is 290 g/mol. The van der Waals surface area contributed by atoms with Crippen LogP contribution in [0.5, 0.6) is 0 Å². The van der Waals surface area contributed by atoms with Gasteiger partial charge < -0.3 is 15.0 Å². The second-order valence-electron chi connectivity index (χ2n) is 6.45. The van der Waals surface area contributed by atoms with Gasteiger partial charge in [0, 0.05) is 31.9 Å². The van der Waals surface area contributed by atoms with E-state index < -0.39 is 0 Å². The number of benzene rings is 1. The second-order valence-corrected chi connectivity index (χ2v) is 6.45. The van der Waals surface area contributed by atoms with Crippen LogP contribution in [0.3, 0.4) is 0 Å². The minimum atomic E-state index is 0.600. The number of methoxy groups -OCH3 is 1. The number of hydrogen-bond acceptors (Lipinski definition) is 3. The molecule has 21 heavy (non-hydrogen) atoms. The number of hydrogen-bond donors (Lipinski definition) is 1. The zero-order valence-electron chi connectivity index (χ0n) is 13.8. The molecule has 1 heterocycles. The van der Waals surface area contributed by atoms with Crippen molar-refractivity contribution in [2.45, 2.75) is 39.2 Å². The Morgan fingerprint density at radius 3 is 2.90 bits per heavy atom. The highest BCUT2D eigenvalue weighted by Crippen LogP contribution is 2.23. The van der Waals surface area contributed by atoms with Gasteiger partial charge in [-0.05, 0) is 43.4 Å². The molecule has 1 atom stereocenters. The molecule has 1 aliphatic heterocycles. The third kappa shape index (κ3) is 5.01. The zero-order chi connectivity index (χ0) is 15.1. The van der Waals surface area contributed by atoms with Crippen LogP contribution >= 0.6 is 0 Å². The van der Waals surface area contributed by atoms with Gasteiger partial charge in [-0.25, -0.2) is 0 Å². The van der Waals surface area contributed by atoms with Crippen molar-refractivity contribution in [3.8, 4) is 0 Å². The topological polar surface area (TPSA) is 24.5 Å². The maximum absolute atomic E-state index is 5.26. The number of anilines is 1. The lowest BCUT2D eigenvalue weighted by Gasteiger charge is -2.29. The molecule has 1 aromatic rings. The lowest BCUT2D eigenvalue weighted by Crippen LogP contribution is -2.39. The number of rotatable bonds is 6. The van der Waals surface area contributed by atoms with E-state index in [9.17, 15) is 0 Å².